The van der Waals surface area contributed by atoms with E-state index in [1.165, 1.54) is 6.07 Å². The number of hydrogen-bond acceptors (Lipinski definition) is 5. The molecule has 2 N–H and O–H groups in total. The Morgan fingerprint density at radius 3 is 2.63 bits per heavy atom. The number of rotatable bonds is 6. The van der Waals surface area contributed by atoms with Gasteiger partial charge in [0, 0.05) is 12.1 Å². The lowest BCUT2D eigenvalue weighted by atomic mass is 10.2. The lowest BCUT2D eigenvalue weighted by molar-refractivity contribution is -0.385. The van der Waals surface area contributed by atoms with Gasteiger partial charge >= 0.3 is 0 Å². The van der Waals surface area contributed by atoms with Gasteiger partial charge in [0.15, 0.2) is 0 Å². The van der Waals surface area contributed by atoms with Crippen molar-refractivity contribution in [2.75, 3.05) is 6.61 Å². The molecular formula is C11H14N2O5S. The van der Waals surface area contributed by atoms with Crippen LogP contribution in [0, 0.1) is 10.1 Å². The van der Waals surface area contributed by atoms with E-state index < -0.39 is 19.8 Å². The predicted octanol–water partition coefficient (Wildman–Crippen LogP) is 1.59. The van der Waals surface area contributed by atoms with Crippen LogP contribution in [0.25, 0.3) is 0 Å². The van der Waals surface area contributed by atoms with Crippen molar-refractivity contribution < 1.29 is 18.1 Å². The van der Waals surface area contributed by atoms with Crippen molar-refractivity contribution in [3.8, 4) is 5.75 Å². The summed E-state index contributed by atoms with van der Waals surface area (Å²) in [5.41, 5.74) is 0.393. The van der Waals surface area contributed by atoms with Crippen LogP contribution >= 0.6 is 0 Å². The van der Waals surface area contributed by atoms with Crippen LogP contribution in [-0.2, 0) is 10.0 Å². The fraction of sp³-hybridized carbons (Fsp3) is 0.273. The maximum atomic E-state index is 11.4. The first-order valence-corrected chi connectivity index (χ1v) is 6.91. The van der Waals surface area contributed by atoms with E-state index in [9.17, 15) is 18.5 Å². The zero-order valence-corrected chi connectivity index (χ0v) is 11.1. The highest BCUT2D eigenvalue weighted by molar-refractivity contribution is 7.89. The van der Waals surface area contributed by atoms with Crippen molar-refractivity contribution in [2.24, 2.45) is 5.14 Å². The summed E-state index contributed by atoms with van der Waals surface area (Å²) in [4.78, 5) is 9.50. The van der Waals surface area contributed by atoms with Gasteiger partial charge in [-0.3, -0.25) is 10.1 Å². The average Bonchev–Trinajstić information content (AvgIpc) is 2.34. The van der Waals surface area contributed by atoms with Gasteiger partial charge in [-0.05, 0) is 18.1 Å². The smallest absolute Gasteiger partial charge is 0.271 e. The molecule has 0 saturated heterocycles. The van der Waals surface area contributed by atoms with Crippen LogP contribution in [0.1, 0.15) is 13.3 Å². The Balaban J connectivity index is 3.17. The first-order chi connectivity index (χ1) is 8.75. The molecule has 8 heteroatoms. The minimum Gasteiger partial charge on any atom is -0.488 e. The molecule has 0 atom stereocenters. The Hall–Kier alpha value is -1.93. The van der Waals surface area contributed by atoms with Gasteiger partial charge in [0.05, 0.1) is 4.92 Å². The third kappa shape index (κ3) is 4.04. The maximum Gasteiger partial charge on any atom is 0.271 e. The highest BCUT2D eigenvalue weighted by Gasteiger charge is 2.20. The number of non-ortho nitro benzene ring substituents is 1. The third-order valence-electron chi connectivity index (χ3n) is 2.38. The van der Waals surface area contributed by atoms with Crippen LogP contribution in [0.4, 0.5) is 5.69 Å². The van der Waals surface area contributed by atoms with Gasteiger partial charge in [-0.1, -0.05) is 13.5 Å². The molecular weight excluding hydrogens is 272 g/mol. The van der Waals surface area contributed by atoms with Gasteiger partial charge in [0.25, 0.3) is 5.69 Å². The summed E-state index contributed by atoms with van der Waals surface area (Å²) in [6.45, 7) is 5.71. The van der Waals surface area contributed by atoms with Gasteiger partial charge in [-0.15, -0.1) is 0 Å². The van der Waals surface area contributed by atoms with Crippen molar-refractivity contribution in [2.45, 2.75) is 18.2 Å². The molecule has 0 aliphatic rings. The molecule has 1 rings (SSSR count). The molecule has 1 aromatic carbocycles. The molecule has 0 saturated carbocycles. The summed E-state index contributed by atoms with van der Waals surface area (Å²) in [5.74, 6) is -0.0253. The van der Waals surface area contributed by atoms with E-state index in [-0.39, 0.29) is 18.0 Å². The van der Waals surface area contributed by atoms with Crippen LogP contribution in [0.2, 0.25) is 0 Å². The second kappa shape index (κ2) is 5.81. The number of benzene rings is 1. The zero-order valence-electron chi connectivity index (χ0n) is 10.3. The number of nitrogens with zero attached hydrogens (tertiary/aromatic N) is 1. The van der Waals surface area contributed by atoms with E-state index in [1.54, 1.807) is 0 Å². The Bertz CT molecular complexity index is 610. The lowest BCUT2D eigenvalue weighted by Gasteiger charge is -2.10. The molecule has 0 bridgehead atoms. The van der Waals surface area contributed by atoms with Crippen LogP contribution in [0.5, 0.6) is 5.75 Å². The van der Waals surface area contributed by atoms with Gasteiger partial charge < -0.3 is 4.74 Å². The molecule has 1 aromatic rings. The first-order valence-electron chi connectivity index (χ1n) is 5.36. The minimum absolute atomic E-state index is 0.0253. The van der Waals surface area contributed by atoms with Gasteiger partial charge in [-0.25, -0.2) is 13.6 Å². The largest absolute Gasteiger partial charge is 0.488 e. The number of nitrogens with two attached hydrogens (primary N) is 1. The van der Waals surface area contributed by atoms with Crippen LogP contribution in [0.3, 0.4) is 0 Å². The molecule has 0 aliphatic carbocycles. The molecule has 0 amide bonds. The Labute approximate surface area is 110 Å². The third-order valence-corrected chi connectivity index (χ3v) is 3.31. The topological polar surface area (TPSA) is 113 Å². The molecule has 7 nitrogen and oxygen atoms in total. The molecule has 0 spiro atoms. The van der Waals surface area contributed by atoms with E-state index in [4.69, 9.17) is 9.88 Å². The molecule has 0 fully saturated rings. The Kier molecular flexibility index (Phi) is 4.62. The summed E-state index contributed by atoms with van der Waals surface area (Å²) in [6.07, 6.45) is 0.678. The number of nitro benzene ring substituents is 1. The van der Waals surface area contributed by atoms with Crippen molar-refractivity contribution in [3.63, 3.8) is 0 Å². The number of ether oxygens (including phenoxy) is 1. The molecule has 104 valence electrons. The number of sulfonamides is 1. The van der Waals surface area contributed by atoms with Crippen LogP contribution in [0.15, 0.2) is 35.2 Å². The highest BCUT2D eigenvalue weighted by atomic mass is 32.2. The second-order valence-electron chi connectivity index (χ2n) is 3.83. The molecule has 0 heterocycles. The van der Waals surface area contributed by atoms with Crippen molar-refractivity contribution in [1.82, 2.24) is 0 Å². The highest BCUT2D eigenvalue weighted by Crippen LogP contribution is 2.27. The number of primary sulfonamides is 1. The fourth-order valence-electron chi connectivity index (χ4n) is 1.23. The summed E-state index contributed by atoms with van der Waals surface area (Å²) in [7, 11) is -4.10. The number of nitro groups is 1. The molecule has 0 aromatic heterocycles. The molecule has 0 aliphatic heterocycles. The summed E-state index contributed by atoms with van der Waals surface area (Å²) in [5, 5.41) is 15.6. The quantitative estimate of drug-likeness (QED) is 0.484. The van der Waals surface area contributed by atoms with Crippen molar-refractivity contribution >= 4 is 15.7 Å². The SMILES string of the molecule is C=C(CC)COc1ccc([N+](=O)[O-])cc1S(N)(=O)=O. The maximum absolute atomic E-state index is 11.4. The average molecular weight is 286 g/mol. The van der Waals surface area contributed by atoms with Gasteiger partial charge in [0.1, 0.15) is 17.3 Å². The van der Waals surface area contributed by atoms with Crippen LogP contribution in [-0.4, -0.2) is 19.9 Å². The molecule has 19 heavy (non-hydrogen) atoms. The first kappa shape index (κ1) is 15.1. The Morgan fingerprint density at radius 1 is 1.53 bits per heavy atom. The fourth-order valence-corrected chi connectivity index (χ4v) is 1.93. The number of hydrogen-bond donors (Lipinski definition) is 1. The molecule has 0 radical (unpaired) electrons. The van der Waals surface area contributed by atoms with Crippen LogP contribution < -0.4 is 9.88 Å². The monoisotopic (exact) mass is 286 g/mol. The van der Waals surface area contributed by atoms with E-state index in [0.717, 1.165) is 17.7 Å². The lowest BCUT2D eigenvalue weighted by Crippen LogP contribution is -2.15. The van der Waals surface area contributed by atoms with Crippen molar-refractivity contribution in [3.05, 3.63) is 40.5 Å². The Morgan fingerprint density at radius 2 is 2.16 bits per heavy atom. The normalized spacial score (nSPS) is 11.1. The van der Waals surface area contributed by atoms with Gasteiger partial charge in [-0.2, -0.15) is 0 Å². The van der Waals surface area contributed by atoms with Crippen molar-refractivity contribution in [1.29, 1.82) is 0 Å². The van der Waals surface area contributed by atoms with E-state index in [0.29, 0.717) is 6.42 Å². The summed E-state index contributed by atoms with van der Waals surface area (Å²) in [6, 6.07) is 3.24. The second-order valence-corrected chi connectivity index (χ2v) is 5.36. The van der Waals surface area contributed by atoms with E-state index in [1.807, 2.05) is 6.92 Å². The molecule has 0 unspecified atom stereocenters. The van der Waals surface area contributed by atoms with Gasteiger partial charge in [0.2, 0.25) is 10.0 Å². The minimum atomic E-state index is -4.10. The zero-order chi connectivity index (χ0) is 14.6. The predicted molar refractivity (Wildman–Crippen MR) is 69.4 cm³/mol. The standard InChI is InChI=1S/C11H14N2O5S/c1-3-8(2)7-18-10-5-4-9(13(14)15)6-11(10)19(12,16)17/h4-6H,2-3,7H2,1H3,(H2,12,16,17). The van der Waals surface area contributed by atoms with E-state index in [2.05, 4.69) is 6.58 Å². The van der Waals surface area contributed by atoms with E-state index >= 15 is 0 Å². The summed E-state index contributed by atoms with van der Waals surface area (Å²) >= 11 is 0. The summed E-state index contributed by atoms with van der Waals surface area (Å²) < 4.78 is 28.1.